The van der Waals surface area contributed by atoms with Gasteiger partial charge in [-0.05, 0) is 110 Å². The molecule has 1 heterocycles. The highest BCUT2D eigenvalue weighted by molar-refractivity contribution is 6.02. The van der Waals surface area contributed by atoms with Crippen molar-refractivity contribution in [3.8, 4) is 5.75 Å². The monoisotopic (exact) mass is 544 g/mol. The van der Waals surface area contributed by atoms with Crippen molar-refractivity contribution in [2.75, 3.05) is 25.5 Å². The highest BCUT2D eigenvalue weighted by Crippen LogP contribution is 2.59. The molecule has 0 spiro atoms. The maximum Gasteiger partial charge on any atom is 0.227 e. The molecule has 0 aromatic heterocycles. The van der Waals surface area contributed by atoms with E-state index in [0.29, 0.717) is 23.5 Å². The number of amides is 1. The van der Waals surface area contributed by atoms with Gasteiger partial charge in [0.05, 0.1) is 13.2 Å². The third-order valence-electron chi connectivity index (χ3n) is 10.3. The van der Waals surface area contributed by atoms with E-state index >= 15 is 0 Å². The molecule has 4 aliphatic rings. The van der Waals surface area contributed by atoms with Crippen molar-refractivity contribution in [3.05, 3.63) is 58.1 Å². The molecular weight excluding hydrogens is 500 g/mol. The summed E-state index contributed by atoms with van der Waals surface area (Å²) < 4.78 is 5.49. The zero-order valence-electron chi connectivity index (χ0n) is 24.2. The summed E-state index contributed by atoms with van der Waals surface area (Å²) in [5.41, 5.74) is 6.59. The highest BCUT2D eigenvalue weighted by atomic mass is 16.5. The summed E-state index contributed by atoms with van der Waals surface area (Å²) in [5, 5.41) is 13.0. The molecule has 6 rings (SSSR count). The van der Waals surface area contributed by atoms with Crippen LogP contribution in [-0.2, 0) is 24.2 Å². The third-order valence-corrected chi connectivity index (χ3v) is 10.3. The van der Waals surface area contributed by atoms with Crippen molar-refractivity contribution >= 4 is 17.4 Å². The Morgan fingerprint density at radius 1 is 1.10 bits per heavy atom. The number of aliphatic hydroxyl groups excluding tert-OH is 1. The van der Waals surface area contributed by atoms with Crippen molar-refractivity contribution in [1.29, 1.82) is 0 Å². The van der Waals surface area contributed by atoms with E-state index in [4.69, 9.17) is 4.74 Å². The Morgan fingerprint density at radius 2 is 1.90 bits per heavy atom. The summed E-state index contributed by atoms with van der Waals surface area (Å²) >= 11 is 0. The summed E-state index contributed by atoms with van der Waals surface area (Å²) in [7, 11) is 1.67. The van der Waals surface area contributed by atoms with Crippen molar-refractivity contribution in [2.45, 2.75) is 77.9 Å². The molecule has 3 fully saturated rings. The van der Waals surface area contributed by atoms with Crippen LogP contribution in [0.5, 0.6) is 5.75 Å². The van der Waals surface area contributed by atoms with Crippen LogP contribution in [-0.4, -0.2) is 48.0 Å². The number of hydrogen-bond acceptors (Lipinski definition) is 5. The van der Waals surface area contributed by atoms with E-state index in [-0.39, 0.29) is 23.8 Å². The molecule has 2 N–H and O–H groups in total. The van der Waals surface area contributed by atoms with Gasteiger partial charge in [0.25, 0.3) is 0 Å². The number of nitrogens with zero attached hydrogens (tertiary/aromatic N) is 1. The first-order valence-electron chi connectivity index (χ1n) is 15.4. The van der Waals surface area contributed by atoms with Crippen LogP contribution in [0.25, 0.3) is 0 Å². The van der Waals surface area contributed by atoms with Gasteiger partial charge in [-0.1, -0.05) is 19.1 Å². The lowest BCUT2D eigenvalue weighted by molar-refractivity contribution is -0.121. The molecule has 0 bridgehead atoms. The van der Waals surface area contributed by atoms with E-state index in [1.54, 1.807) is 7.11 Å². The molecule has 2 aromatic rings. The van der Waals surface area contributed by atoms with E-state index in [1.165, 1.54) is 16.7 Å². The molecule has 6 heteroatoms. The minimum atomic E-state index is -0.228. The maximum absolute atomic E-state index is 13.9. The first kappa shape index (κ1) is 27.5. The molecule has 1 aliphatic heterocycles. The van der Waals surface area contributed by atoms with E-state index in [1.807, 2.05) is 18.2 Å². The number of Topliss-reactive ketones (excluding diaryl/α,β-unsaturated/α-hetero) is 1. The molecule has 40 heavy (non-hydrogen) atoms. The van der Waals surface area contributed by atoms with Crippen LogP contribution in [0.4, 0.5) is 5.69 Å². The zero-order valence-corrected chi connectivity index (χ0v) is 24.2. The Hall–Kier alpha value is -2.70. The molecule has 1 saturated heterocycles. The van der Waals surface area contributed by atoms with Crippen LogP contribution in [0, 0.1) is 36.5 Å². The Morgan fingerprint density at radius 3 is 2.60 bits per heavy atom. The average molecular weight is 545 g/mol. The molecule has 214 valence electrons. The van der Waals surface area contributed by atoms with Crippen LogP contribution in [0.3, 0.4) is 0 Å². The van der Waals surface area contributed by atoms with Gasteiger partial charge in [-0.2, -0.15) is 0 Å². The van der Waals surface area contributed by atoms with Gasteiger partial charge in [-0.15, -0.1) is 0 Å². The Kier molecular flexibility index (Phi) is 7.75. The number of rotatable bonds is 7. The quantitative estimate of drug-likeness (QED) is 0.477. The minimum absolute atomic E-state index is 0.0300. The number of nitrogens with one attached hydrogen (secondary N) is 1. The Labute approximate surface area is 238 Å². The second-order valence-corrected chi connectivity index (χ2v) is 12.8. The molecule has 6 nitrogen and oxygen atoms in total. The lowest BCUT2D eigenvalue weighted by Crippen LogP contribution is -2.28. The molecule has 2 aromatic carbocycles. The van der Waals surface area contributed by atoms with Crippen LogP contribution in [0.2, 0.25) is 0 Å². The van der Waals surface area contributed by atoms with Gasteiger partial charge >= 0.3 is 0 Å². The molecule has 1 amide bonds. The zero-order chi connectivity index (χ0) is 28.0. The van der Waals surface area contributed by atoms with Crippen molar-refractivity contribution in [1.82, 2.24) is 4.90 Å². The number of β-amino-alcohol motifs (C(OH)–C–C–N with tert-alkyl or cyclic N) is 1. The van der Waals surface area contributed by atoms with Gasteiger partial charge in [-0.3, -0.25) is 14.5 Å². The predicted molar refractivity (Wildman–Crippen MR) is 157 cm³/mol. The summed E-state index contributed by atoms with van der Waals surface area (Å²) in [5.74, 6) is 2.99. The standard InChI is InChI=1S/C34H44N2O4/c1-4-22-9-10-25(17-30(22)40-3)35-34(39)24-7-5-23(6-8-24)31-28-12-11-27-20(2)15-21(16-29(27)33(38)32(28)31)18-36-14-13-26(37)19-36/h9-10,15-17,23-24,26,28,31-32,37H,4-8,11-14,18-19H2,1-3H3,(H,35,39)/t23?,24?,26-,28?,31?,32?/m1/s1. The fourth-order valence-electron chi connectivity index (χ4n) is 8.15. The van der Waals surface area contributed by atoms with Crippen molar-refractivity contribution in [2.24, 2.45) is 29.6 Å². The largest absolute Gasteiger partial charge is 0.496 e. The van der Waals surface area contributed by atoms with E-state index in [0.717, 1.165) is 93.6 Å². The lowest BCUT2D eigenvalue weighted by atomic mass is 9.77. The number of hydrogen-bond donors (Lipinski definition) is 2. The summed E-state index contributed by atoms with van der Waals surface area (Å²) in [6, 6.07) is 10.3. The molecule has 3 unspecified atom stereocenters. The number of carbonyl (C=O) groups is 2. The predicted octanol–water partition coefficient (Wildman–Crippen LogP) is 5.57. The second-order valence-electron chi connectivity index (χ2n) is 12.8. The fraction of sp³-hybridized carbons (Fsp3) is 0.588. The number of anilines is 1. The minimum Gasteiger partial charge on any atom is -0.496 e. The Bertz CT molecular complexity index is 1280. The first-order valence-corrected chi connectivity index (χ1v) is 15.4. The number of ether oxygens (including phenoxy) is 1. The van der Waals surface area contributed by atoms with Gasteiger partial charge in [0.15, 0.2) is 5.78 Å². The third kappa shape index (κ3) is 5.33. The number of methoxy groups -OCH3 is 1. The molecule has 2 saturated carbocycles. The number of aliphatic hydroxyl groups is 1. The number of aryl methyl sites for hydroxylation is 2. The molecule has 3 aliphatic carbocycles. The van der Waals surface area contributed by atoms with Crippen LogP contribution < -0.4 is 10.1 Å². The summed E-state index contributed by atoms with van der Waals surface area (Å²) in [6.07, 6.45) is 7.44. The van der Waals surface area contributed by atoms with Crippen molar-refractivity contribution in [3.63, 3.8) is 0 Å². The van der Waals surface area contributed by atoms with Crippen LogP contribution in [0.15, 0.2) is 30.3 Å². The molecule has 4 atom stereocenters. The SMILES string of the molecule is CCc1ccc(NC(=O)C2CCC(C3C4CCc5c(C)cc(CN6CC[C@@H](O)C6)cc5C(=O)C43)CC2)cc1OC. The summed E-state index contributed by atoms with van der Waals surface area (Å²) in [6.45, 7) is 6.69. The van der Waals surface area contributed by atoms with Gasteiger partial charge in [0.2, 0.25) is 5.91 Å². The van der Waals surface area contributed by atoms with E-state index < -0.39 is 0 Å². The van der Waals surface area contributed by atoms with Crippen LogP contribution >= 0.6 is 0 Å². The highest BCUT2D eigenvalue weighted by Gasteiger charge is 2.58. The normalized spacial score (nSPS) is 29.9. The smallest absolute Gasteiger partial charge is 0.227 e. The second kappa shape index (κ2) is 11.3. The molecule has 0 radical (unpaired) electrons. The van der Waals surface area contributed by atoms with Gasteiger partial charge in [-0.25, -0.2) is 0 Å². The fourth-order valence-corrected chi connectivity index (χ4v) is 8.15. The topological polar surface area (TPSA) is 78.9 Å². The maximum atomic E-state index is 13.9. The van der Waals surface area contributed by atoms with Gasteiger partial charge in [0, 0.05) is 48.8 Å². The number of fused-ring (bicyclic) bond motifs is 2. The average Bonchev–Trinajstić information content (AvgIpc) is 3.57. The number of likely N-dealkylation sites (tertiary alicyclic amines) is 1. The van der Waals surface area contributed by atoms with Gasteiger partial charge < -0.3 is 15.2 Å². The Balaban J connectivity index is 1.07. The first-order chi connectivity index (χ1) is 19.4. The van der Waals surface area contributed by atoms with Crippen molar-refractivity contribution < 1.29 is 19.4 Å². The van der Waals surface area contributed by atoms with Crippen LogP contribution in [0.1, 0.15) is 78.1 Å². The number of benzene rings is 2. The van der Waals surface area contributed by atoms with Gasteiger partial charge in [0.1, 0.15) is 5.75 Å². The number of ketones is 1. The van der Waals surface area contributed by atoms with E-state index in [2.05, 4.69) is 36.2 Å². The van der Waals surface area contributed by atoms with E-state index in [9.17, 15) is 14.7 Å². The number of carbonyl (C=O) groups excluding carboxylic acids is 2. The summed E-state index contributed by atoms with van der Waals surface area (Å²) in [4.78, 5) is 29.2. The molecular formula is C34H44N2O4. The lowest BCUT2D eigenvalue weighted by Gasteiger charge is -2.29.